The van der Waals surface area contributed by atoms with Crippen molar-refractivity contribution in [1.29, 1.82) is 0 Å². The molecule has 0 aliphatic carbocycles. The smallest absolute Gasteiger partial charge is 0.345 e. The zero-order valence-corrected chi connectivity index (χ0v) is 16.3. The number of rotatable bonds is 10. The third kappa shape index (κ3) is 5.44. The normalized spacial score (nSPS) is 10.2. The van der Waals surface area contributed by atoms with Crippen molar-refractivity contribution in [1.82, 2.24) is 0 Å². The zero-order chi connectivity index (χ0) is 21.4. The Morgan fingerprint density at radius 3 is 2.21 bits per heavy atom. The lowest BCUT2D eigenvalue weighted by Gasteiger charge is -2.11. The van der Waals surface area contributed by atoms with Crippen LogP contribution in [0.2, 0.25) is 0 Å². The lowest BCUT2D eigenvalue weighted by atomic mass is 10.1. The Balaban J connectivity index is 2.17. The summed E-state index contributed by atoms with van der Waals surface area (Å²) in [6.07, 6.45) is 0. The first kappa shape index (κ1) is 21.7. The van der Waals surface area contributed by atoms with E-state index in [9.17, 15) is 19.7 Å². The summed E-state index contributed by atoms with van der Waals surface area (Å²) in [5, 5.41) is 11.3. The van der Waals surface area contributed by atoms with Crippen LogP contribution in [0, 0.1) is 10.1 Å². The molecule has 0 saturated heterocycles. The van der Waals surface area contributed by atoms with Gasteiger partial charge in [-0.2, -0.15) is 0 Å². The van der Waals surface area contributed by atoms with Crippen molar-refractivity contribution in [3.8, 4) is 17.2 Å². The number of benzene rings is 2. The number of nitro groups is 1. The SMILES string of the molecule is CCOc1ccc(C(=O)COC(=O)c2cc(OCC)c(OC)cc2[N+](=O)[O-])cc1. The lowest BCUT2D eigenvalue weighted by molar-refractivity contribution is -0.385. The van der Waals surface area contributed by atoms with Crippen molar-refractivity contribution in [3.05, 3.63) is 57.6 Å². The number of ether oxygens (including phenoxy) is 4. The van der Waals surface area contributed by atoms with Crippen LogP contribution < -0.4 is 14.2 Å². The molecule has 0 amide bonds. The van der Waals surface area contributed by atoms with Gasteiger partial charge < -0.3 is 18.9 Å². The molecule has 0 aromatic heterocycles. The van der Waals surface area contributed by atoms with Crippen LogP contribution in [0.3, 0.4) is 0 Å². The van der Waals surface area contributed by atoms with Crippen LogP contribution in [-0.4, -0.2) is 43.6 Å². The minimum absolute atomic E-state index is 0.112. The average molecular weight is 403 g/mol. The van der Waals surface area contributed by atoms with Gasteiger partial charge in [-0.05, 0) is 38.1 Å². The third-order valence-electron chi connectivity index (χ3n) is 3.82. The number of carbonyl (C=O) groups is 2. The average Bonchev–Trinajstić information content (AvgIpc) is 2.72. The molecule has 0 unspecified atom stereocenters. The number of ketones is 1. The predicted octanol–water partition coefficient (Wildman–Crippen LogP) is 3.44. The fourth-order valence-electron chi connectivity index (χ4n) is 2.49. The van der Waals surface area contributed by atoms with Crippen molar-refractivity contribution in [3.63, 3.8) is 0 Å². The molecule has 2 aromatic rings. The Morgan fingerprint density at radius 1 is 1.00 bits per heavy atom. The second-order valence-electron chi connectivity index (χ2n) is 5.67. The van der Waals surface area contributed by atoms with Crippen molar-refractivity contribution < 1.29 is 33.5 Å². The van der Waals surface area contributed by atoms with E-state index < -0.39 is 29.0 Å². The molecule has 0 saturated carbocycles. The van der Waals surface area contributed by atoms with E-state index in [-0.39, 0.29) is 23.7 Å². The topological polar surface area (TPSA) is 114 Å². The van der Waals surface area contributed by atoms with Gasteiger partial charge >= 0.3 is 5.97 Å². The second-order valence-corrected chi connectivity index (χ2v) is 5.67. The van der Waals surface area contributed by atoms with E-state index in [1.165, 1.54) is 13.2 Å². The van der Waals surface area contributed by atoms with Gasteiger partial charge in [0.05, 0.1) is 31.3 Å². The Kier molecular flexibility index (Phi) is 7.53. The van der Waals surface area contributed by atoms with Crippen molar-refractivity contribution in [2.45, 2.75) is 13.8 Å². The number of nitro benzene ring substituents is 1. The summed E-state index contributed by atoms with van der Waals surface area (Å²) >= 11 is 0. The van der Waals surface area contributed by atoms with Gasteiger partial charge in [-0.25, -0.2) is 4.79 Å². The van der Waals surface area contributed by atoms with E-state index in [0.717, 1.165) is 6.07 Å². The number of esters is 1. The lowest BCUT2D eigenvalue weighted by Crippen LogP contribution is -2.15. The molecule has 9 nitrogen and oxygen atoms in total. The van der Waals surface area contributed by atoms with Crippen LogP contribution in [0.25, 0.3) is 0 Å². The molecule has 0 bridgehead atoms. The first-order valence-electron chi connectivity index (χ1n) is 8.83. The summed E-state index contributed by atoms with van der Waals surface area (Å²) in [5.74, 6) is -0.591. The minimum Gasteiger partial charge on any atom is -0.494 e. The van der Waals surface area contributed by atoms with E-state index in [4.69, 9.17) is 18.9 Å². The number of carbonyl (C=O) groups excluding carboxylic acids is 2. The highest BCUT2D eigenvalue weighted by Gasteiger charge is 2.26. The quantitative estimate of drug-likeness (QED) is 0.256. The zero-order valence-electron chi connectivity index (χ0n) is 16.3. The molecule has 0 aliphatic heterocycles. The van der Waals surface area contributed by atoms with Gasteiger partial charge in [0.15, 0.2) is 23.9 Å². The Labute approximate surface area is 167 Å². The number of hydrogen-bond acceptors (Lipinski definition) is 8. The maximum absolute atomic E-state index is 12.4. The summed E-state index contributed by atoms with van der Waals surface area (Å²) in [5.41, 5.74) is -0.525. The van der Waals surface area contributed by atoms with Crippen LogP contribution in [0.1, 0.15) is 34.6 Å². The van der Waals surface area contributed by atoms with Crippen molar-refractivity contribution in [2.75, 3.05) is 26.9 Å². The van der Waals surface area contributed by atoms with Crippen LogP contribution in [-0.2, 0) is 4.74 Å². The van der Waals surface area contributed by atoms with Gasteiger partial charge in [0.2, 0.25) is 0 Å². The highest BCUT2D eigenvalue weighted by Crippen LogP contribution is 2.35. The molecule has 29 heavy (non-hydrogen) atoms. The van der Waals surface area contributed by atoms with E-state index >= 15 is 0 Å². The summed E-state index contributed by atoms with van der Waals surface area (Å²) in [4.78, 5) is 35.2. The minimum atomic E-state index is -1.01. The molecule has 154 valence electrons. The fraction of sp³-hybridized carbons (Fsp3) is 0.300. The Bertz CT molecular complexity index is 892. The van der Waals surface area contributed by atoms with Gasteiger partial charge in [-0.1, -0.05) is 0 Å². The van der Waals surface area contributed by atoms with Gasteiger partial charge in [-0.15, -0.1) is 0 Å². The maximum Gasteiger partial charge on any atom is 0.345 e. The summed E-state index contributed by atoms with van der Waals surface area (Å²) in [6.45, 7) is 3.75. The van der Waals surface area contributed by atoms with Gasteiger partial charge in [-0.3, -0.25) is 14.9 Å². The molecule has 0 aliphatic rings. The standard InChI is InChI=1S/C20H21NO8/c1-4-27-14-8-6-13(7-9-14)17(22)12-29-20(23)15-10-19(28-5-2)18(26-3)11-16(15)21(24)25/h6-11H,4-5,12H2,1-3H3. The molecular weight excluding hydrogens is 382 g/mol. The van der Waals surface area contributed by atoms with Gasteiger partial charge in [0.25, 0.3) is 5.69 Å². The van der Waals surface area contributed by atoms with Crippen LogP contribution in [0.4, 0.5) is 5.69 Å². The number of Topliss-reactive ketones (excluding diaryl/α,β-unsaturated/α-hetero) is 1. The fourth-order valence-corrected chi connectivity index (χ4v) is 2.49. The predicted molar refractivity (Wildman–Crippen MR) is 103 cm³/mol. The van der Waals surface area contributed by atoms with Crippen molar-refractivity contribution in [2.24, 2.45) is 0 Å². The highest BCUT2D eigenvalue weighted by atomic mass is 16.6. The number of methoxy groups -OCH3 is 1. The second kappa shape index (κ2) is 10.1. The molecule has 0 N–H and O–H groups in total. The van der Waals surface area contributed by atoms with Gasteiger partial charge in [0.1, 0.15) is 11.3 Å². The van der Waals surface area contributed by atoms with Crippen molar-refractivity contribution >= 4 is 17.4 Å². The first-order valence-corrected chi connectivity index (χ1v) is 8.83. The number of hydrogen-bond donors (Lipinski definition) is 0. The third-order valence-corrected chi connectivity index (χ3v) is 3.82. The largest absolute Gasteiger partial charge is 0.494 e. The Hall–Kier alpha value is -3.62. The number of nitrogens with zero attached hydrogens (tertiary/aromatic N) is 1. The van der Waals surface area contributed by atoms with E-state index in [0.29, 0.717) is 17.9 Å². The molecule has 0 heterocycles. The summed E-state index contributed by atoms with van der Waals surface area (Å²) in [6, 6.07) is 8.59. The molecule has 0 spiro atoms. The molecule has 2 rings (SSSR count). The maximum atomic E-state index is 12.4. The monoisotopic (exact) mass is 403 g/mol. The molecule has 2 aromatic carbocycles. The van der Waals surface area contributed by atoms with E-state index in [1.807, 2.05) is 6.92 Å². The molecule has 0 atom stereocenters. The first-order chi connectivity index (χ1) is 13.9. The van der Waals surface area contributed by atoms with Crippen LogP contribution >= 0.6 is 0 Å². The Morgan fingerprint density at radius 2 is 1.66 bits per heavy atom. The van der Waals surface area contributed by atoms with Gasteiger partial charge in [0, 0.05) is 11.6 Å². The molecular formula is C20H21NO8. The molecule has 9 heteroatoms. The molecule has 0 radical (unpaired) electrons. The summed E-state index contributed by atoms with van der Waals surface area (Å²) < 4.78 is 20.7. The van der Waals surface area contributed by atoms with E-state index in [2.05, 4.69) is 0 Å². The van der Waals surface area contributed by atoms with Crippen LogP contribution in [0.15, 0.2) is 36.4 Å². The highest BCUT2D eigenvalue weighted by molar-refractivity contribution is 6.00. The van der Waals surface area contributed by atoms with Crippen LogP contribution in [0.5, 0.6) is 17.2 Å². The summed E-state index contributed by atoms with van der Waals surface area (Å²) in [7, 11) is 1.33. The molecule has 0 fully saturated rings. The van der Waals surface area contributed by atoms with E-state index in [1.54, 1.807) is 31.2 Å².